The molecule has 0 saturated heterocycles. The van der Waals surface area contributed by atoms with E-state index >= 15 is 0 Å². The first-order valence-electron chi connectivity index (χ1n) is 8.82. The van der Waals surface area contributed by atoms with Crippen LogP contribution in [0.25, 0.3) is 0 Å². The fourth-order valence-electron chi connectivity index (χ4n) is 3.37. The SMILES string of the molecule is COc1cc(C)c(CN(C)CN2C(=O)c3cccc([N+](=O)[O-])c3C2=O)cc1OC. The Kier molecular flexibility index (Phi) is 5.51. The third-order valence-corrected chi connectivity index (χ3v) is 4.84. The molecule has 0 bridgehead atoms. The average Bonchev–Trinajstić information content (AvgIpc) is 2.94. The van der Waals surface area contributed by atoms with E-state index in [1.165, 1.54) is 18.2 Å². The molecule has 152 valence electrons. The van der Waals surface area contributed by atoms with Crippen LogP contribution in [0.5, 0.6) is 11.5 Å². The molecular formula is C20H21N3O6. The summed E-state index contributed by atoms with van der Waals surface area (Å²) in [5, 5.41) is 11.2. The fourth-order valence-corrected chi connectivity index (χ4v) is 3.37. The number of benzene rings is 2. The van der Waals surface area contributed by atoms with Crippen LogP contribution >= 0.6 is 0 Å². The van der Waals surface area contributed by atoms with Crippen molar-refractivity contribution in [3.8, 4) is 11.5 Å². The number of hydrogen-bond donors (Lipinski definition) is 0. The summed E-state index contributed by atoms with van der Waals surface area (Å²) in [5.74, 6) is -0.000294. The van der Waals surface area contributed by atoms with Gasteiger partial charge in [-0.05, 0) is 43.3 Å². The third kappa shape index (κ3) is 3.64. The minimum Gasteiger partial charge on any atom is -0.493 e. The monoisotopic (exact) mass is 399 g/mol. The van der Waals surface area contributed by atoms with Crippen LogP contribution in [0.2, 0.25) is 0 Å². The lowest BCUT2D eigenvalue weighted by molar-refractivity contribution is -0.385. The van der Waals surface area contributed by atoms with Gasteiger partial charge in [0.2, 0.25) is 0 Å². The lowest BCUT2D eigenvalue weighted by Gasteiger charge is -2.24. The quantitative estimate of drug-likeness (QED) is 0.401. The minimum absolute atomic E-state index is 0.00269. The van der Waals surface area contributed by atoms with Gasteiger partial charge in [-0.25, -0.2) is 0 Å². The van der Waals surface area contributed by atoms with Crippen molar-refractivity contribution in [1.29, 1.82) is 0 Å². The van der Waals surface area contributed by atoms with Crippen LogP contribution in [-0.2, 0) is 6.54 Å². The maximum absolute atomic E-state index is 12.7. The summed E-state index contributed by atoms with van der Waals surface area (Å²) < 4.78 is 10.6. The van der Waals surface area contributed by atoms with Crippen molar-refractivity contribution in [3.05, 3.63) is 62.7 Å². The molecule has 0 spiro atoms. The van der Waals surface area contributed by atoms with Crippen LogP contribution < -0.4 is 9.47 Å². The number of nitrogens with zero attached hydrogens (tertiary/aromatic N) is 3. The Labute approximate surface area is 167 Å². The smallest absolute Gasteiger partial charge is 0.282 e. The lowest BCUT2D eigenvalue weighted by atomic mass is 10.1. The average molecular weight is 399 g/mol. The normalized spacial score (nSPS) is 13.1. The Morgan fingerprint density at radius 1 is 1.10 bits per heavy atom. The molecule has 0 saturated carbocycles. The van der Waals surface area contributed by atoms with Crippen molar-refractivity contribution in [1.82, 2.24) is 9.80 Å². The highest BCUT2D eigenvalue weighted by Gasteiger charge is 2.41. The van der Waals surface area contributed by atoms with Gasteiger partial charge in [-0.3, -0.25) is 29.5 Å². The van der Waals surface area contributed by atoms with Crippen LogP contribution in [0, 0.1) is 17.0 Å². The summed E-state index contributed by atoms with van der Waals surface area (Å²) in [7, 11) is 4.87. The van der Waals surface area contributed by atoms with E-state index in [1.54, 1.807) is 26.2 Å². The van der Waals surface area contributed by atoms with Gasteiger partial charge >= 0.3 is 0 Å². The number of carbonyl (C=O) groups excluding carboxylic acids is 2. The number of rotatable bonds is 7. The predicted molar refractivity (Wildman–Crippen MR) is 104 cm³/mol. The highest BCUT2D eigenvalue weighted by molar-refractivity contribution is 6.23. The predicted octanol–water partition coefficient (Wildman–Crippen LogP) is 2.61. The maximum atomic E-state index is 12.7. The molecule has 2 aromatic rings. The van der Waals surface area contributed by atoms with Crippen molar-refractivity contribution >= 4 is 17.5 Å². The van der Waals surface area contributed by atoms with E-state index in [2.05, 4.69) is 0 Å². The summed E-state index contributed by atoms with van der Waals surface area (Å²) >= 11 is 0. The molecule has 1 aliphatic rings. The Balaban J connectivity index is 1.81. The second-order valence-electron chi connectivity index (χ2n) is 6.78. The first-order chi connectivity index (χ1) is 13.8. The standard InChI is InChI=1S/C20H21N3O6/c1-12-8-16(28-3)17(29-4)9-13(12)10-21(2)11-22-19(24)14-6-5-7-15(23(26)27)18(14)20(22)25/h5-9H,10-11H2,1-4H3. The number of amides is 2. The second kappa shape index (κ2) is 7.88. The van der Waals surface area contributed by atoms with E-state index in [9.17, 15) is 19.7 Å². The maximum Gasteiger partial charge on any atom is 0.282 e. The number of hydrogen-bond acceptors (Lipinski definition) is 7. The number of imide groups is 1. The molecule has 1 aliphatic heterocycles. The molecule has 3 rings (SSSR count). The van der Waals surface area contributed by atoms with Crippen LogP contribution in [0.15, 0.2) is 30.3 Å². The number of carbonyl (C=O) groups is 2. The van der Waals surface area contributed by atoms with Gasteiger partial charge in [0, 0.05) is 12.6 Å². The van der Waals surface area contributed by atoms with Gasteiger partial charge in [0.05, 0.1) is 31.4 Å². The van der Waals surface area contributed by atoms with E-state index in [4.69, 9.17) is 9.47 Å². The summed E-state index contributed by atoms with van der Waals surface area (Å²) in [6, 6.07) is 7.76. The number of fused-ring (bicyclic) bond motifs is 1. The molecule has 0 atom stereocenters. The minimum atomic E-state index is -0.659. The van der Waals surface area contributed by atoms with Crippen LogP contribution in [-0.4, -0.2) is 54.5 Å². The van der Waals surface area contributed by atoms with Crippen LogP contribution in [0.1, 0.15) is 31.8 Å². The number of nitro benzene ring substituents is 1. The highest BCUT2D eigenvalue weighted by atomic mass is 16.6. The van der Waals surface area contributed by atoms with Gasteiger partial charge in [-0.2, -0.15) is 0 Å². The zero-order valence-corrected chi connectivity index (χ0v) is 16.6. The van der Waals surface area contributed by atoms with Crippen molar-refractivity contribution in [2.75, 3.05) is 27.9 Å². The van der Waals surface area contributed by atoms with E-state index in [0.717, 1.165) is 16.0 Å². The van der Waals surface area contributed by atoms with E-state index in [0.29, 0.717) is 18.0 Å². The first kappa shape index (κ1) is 20.3. The molecule has 0 aromatic heterocycles. The molecule has 29 heavy (non-hydrogen) atoms. The van der Waals surface area contributed by atoms with Crippen LogP contribution in [0.3, 0.4) is 0 Å². The summed E-state index contributed by atoms with van der Waals surface area (Å²) in [4.78, 5) is 38.7. The third-order valence-electron chi connectivity index (χ3n) is 4.84. The topological polar surface area (TPSA) is 102 Å². The second-order valence-corrected chi connectivity index (χ2v) is 6.78. The van der Waals surface area contributed by atoms with E-state index in [1.807, 2.05) is 19.1 Å². The summed E-state index contributed by atoms with van der Waals surface area (Å²) in [6.45, 7) is 2.36. The van der Waals surface area contributed by atoms with E-state index in [-0.39, 0.29) is 23.5 Å². The zero-order chi connectivity index (χ0) is 21.3. The molecule has 9 nitrogen and oxygen atoms in total. The largest absolute Gasteiger partial charge is 0.493 e. The van der Waals surface area contributed by atoms with Gasteiger partial charge in [0.15, 0.2) is 11.5 Å². The first-order valence-corrected chi connectivity index (χ1v) is 8.82. The summed E-state index contributed by atoms with van der Waals surface area (Å²) in [5.41, 5.74) is 1.44. The zero-order valence-electron chi connectivity index (χ0n) is 16.6. The van der Waals surface area contributed by atoms with Gasteiger partial charge in [-0.15, -0.1) is 0 Å². The van der Waals surface area contributed by atoms with Crippen molar-refractivity contribution in [2.24, 2.45) is 0 Å². The molecule has 0 aliphatic carbocycles. The van der Waals surface area contributed by atoms with Crippen molar-refractivity contribution < 1.29 is 24.0 Å². The molecular weight excluding hydrogens is 378 g/mol. The van der Waals surface area contributed by atoms with Gasteiger partial charge in [0.1, 0.15) is 5.56 Å². The van der Waals surface area contributed by atoms with Gasteiger partial charge in [-0.1, -0.05) is 6.07 Å². The molecule has 0 radical (unpaired) electrons. The summed E-state index contributed by atoms with van der Waals surface area (Å²) in [6.07, 6.45) is 0. The van der Waals surface area contributed by atoms with E-state index < -0.39 is 16.7 Å². The molecule has 2 aromatic carbocycles. The molecule has 1 heterocycles. The lowest BCUT2D eigenvalue weighted by Crippen LogP contribution is -2.39. The molecule has 0 unspecified atom stereocenters. The van der Waals surface area contributed by atoms with Crippen molar-refractivity contribution in [2.45, 2.75) is 13.5 Å². The number of nitro groups is 1. The number of methoxy groups -OCH3 is 2. The Bertz CT molecular complexity index is 1000. The number of ether oxygens (including phenoxy) is 2. The van der Waals surface area contributed by atoms with Crippen LogP contribution in [0.4, 0.5) is 5.69 Å². The highest BCUT2D eigenvalue weighted by Crippen LogP contribution is 2.32. The van der Waals surface area contributed by atoms with Gasteiger partial charge < -0.3 is 9.47 Å². The Morgan fingerprint density at radius 3 is 2.38 bits per heavy atom. The van der Waals surface area contributed by atoms with Crippen molar-refractivity contribution in [3.63, 3.8) is 0 Å². The Morgan fingerprint density at radius 2 is 1.76 bits per heavy atom. The molecule has 9 heteroatoms. The molecule has 2 amide bonds. The Hall–Kier alpha value is -3.46. The number of aryl methyl sites for hydroxylation is 1. The van der Waals surface area contributed by atoms with Gasteiger partial charge in [0.25, 0.3) is 17.5 Å². The molecule has 0 fully saturated rings. The fraction of sp³-hybridized carbons (Fsp3) is 0.300. The molecule has 0 N–H and O–H groups in total.